The zero-order chi connectivity index (χ0) is 16.9. The predicted molar refractivity (Wildman–Crippen MR) is 101 cm³/mol. The van der Waals surface area contributed by atoms with Crippen LogP contribution in [0, 0.1) is 5.92 Å². The van der Waals surface area contributed by atoms with Crippen molar-refractivity contribution in [3.05, 3.63) is 65.7 Å². The Balaban J connectivity index is 1.79. The van der Waals surface area contributed by atoms with Crippen LogP contribution in [0.25, 0.3) is 0 Å². The van der Waals surface area contributed by atoms with Crippen molar-refractivity contribution in [2.75, 3.05) is 11.9 Å². The van der Waals surface area contributed by atoms with Crippen molar-refractivity contribution in [3.8, 4) is 0 Å². The van der Waals surface area contributed by atoms with Crippen LogP contribution in [0.3, 0.4) is 0 Å². The normalized spacial score (nSPS) is 18.2. The standard InChI is InChI=1S/C21H26N2O/c1-15(2)13-18-14-24-21(23-18)19-11-7-8-12-20(19)22-16(3)17-9-5-4-6-10-17/h4-12,15-16,18,22H,13-14H2,1-3H3/t16-,18-/m1/s1. The van der Waals surface area contributed by atoms with Gasteiger partial charge in [-0.05, 0) is 37.0 Å². The van der Waals surface area contributed by atoms with Crippen molar-refractivity contribution >= 4 is 11.6 Å². The van der Waals surface area contributed by atoms with Gasteiger partial charge in [0.05, 0.1) is 11.6 Å². The SMILES string of the molecule is CC(C)C[C@@H]1COC(c2ccccc2N[C@H](C)c2ccccc2)=N1. The molecular weight excluding hydrogens is 296 g/mol. The number of hydrogen-bond donors (Lipinski definition) is 1. The molecule has 2 atom stereocenters. The fourth-order valence-electron chi connectivity index (χ4n) is 3.08. The van der Waals surface area contributed by atoms with Gasteiger partial charge >= 0.3 is 0 Å². The summed E-state index contributed by atoms with van der Waals surface area (Å²) in [6, 6.07) is 19.2. The number of anilines is 1. The Kier molecular flexibility index (Phi) is 5.19. The molecule has 0 amide bonds. The quantitative estimate of drug-likeness (QED) is 0.807. The van der Waals surface area contributed by atoms with E-state index in [9.17, 15) is 0 Å². The molecule has 0 fully saturated rings. The average molecular weight is 322 g/mol. The minimum absolute atomic E-state index is 0.223. The van der Waals surface area contributed by atoms with Crippen LogP contribution >= 0.6 is 0 Å². The summed E-state index contributed by atoms with van der Waals surface area (Å²) in [5, 5.41) is 3.60. The maximum atomic E-state index is 5.89. The van der Waals surface area contributed by atoms with Gasteiger partial charge in [0.1, 0.15) is 6.61 Å². The maximum absolute atomic E-state index is 5.89. The maximum Gasteiger partial charge on any atom is 0.218 e. The van der Waals surface area contributed by atoms with Gasteiger partial charge in [0.25, 0.3) is 0 Å². The van der Waals surface area contributed by atoms with Crippen molar-refractivity contribution in [1.82, 2.24) is 0 Å². The molecule has 3 rings (SSSR count). The van der Waals surface area contributed by atoms with Crippen LogP contribution in [-0.2, 0) is 4.74 Å². The number of hydrogen-bond acceptors (Lipinski definition) is 3. The molecule has 0 saturated heterocycles. The molecular formula is C21H26N2O. The lowest BCUT2D eigenvalue weighted by molar-refractivity contribution is 0.301. The molecule has 2 aromatic carbocycles. The van der Waals surface area contributed by atoms with Crippen LogP contribution < -0.4 is 5.32 Å². The molecule has 0 spiro atoms. The Bertz CT molecular complexity index is 694. The fourth-order valence-corrected chi connectivity index (χ4v) is 3.08. The highest BCUT2D eigenvalue weighted by molar-refractivity contribution is 6.00. The zero-order valence-electron chi connectivity index (χ0n) is 14.7. The second-order valence-corrected chi connectivity index (χ2v) is 6.85. The molecule has 0 aromatic heterocycles. The molecule has 2 aromatic rings. The van der Waals surface area contributed by atoms with E-state index in [0.717, 1.165) is 23.6 Å². The van der Waals surface area contributed by atoms with Crippen LogP contribution in [-0.4, -0.2) is 18.5 Å². The van der Waals surface area contributed by atoms with Crippen LogP contribution in [0.1, 0.15) is 44.4 Å². The highest BCUT2D eigenvalue weighted by atomic mass is 16.5. The molecule has 1 N–H and O–H groups in total. The molecule has 0 aliphatic carbocycles. The van der Waals surface area contributed by atoms with Gasteiger partial charge in [-0.1, -0.05) is 56.3 Å². The summed E-state index contributed by atoms with van der Waals surface area (Å²) in [5.41, 5.74) is 3.38. The van der Waals surface area contributed by atoms with E-state index < -0.39 is 0 Å². The number of rotatable bonds is 6. The molecule has 3 heteroatoms. The number of nitrogens with zero attached hydrogens (tertiary/aromatic N) is 1. The lowest BCUT2D eigenvalue weighted by Gasteiger charge is -2.18. The minimum atomic E-state index is 0.223. The Morgan fingerprint density at radius 3 is 2.50 bits per heavy atom. The van der Waals surface area contributed by atoms with E-state index in [-0.39, 0.29) is 12.1 Å². The van der Waals surface area contributed by atoms with Crippen molar-refractivity contribution in [2.45, 2.75) is 39.3 Å². The average Bonchev–Trinajstić information content (AvgIpc) is 3.03. The predicted octanol–water partition coefficient (Wildman–Crippen LogP) is 5.05. The Morgan fingerprint density at radius 1 is 1.04 bits per heavy atom. The van der Waals surface area contributed by atoms with E-state index in [1.807, 2.05) is 18.2 Å². The molecule has 126 valence electrons. The second-order valence-electron chi connectivity index (χ2n) is 6.85. The van der Waals surface area contributed by atoms with Gasteiger partial charge in [-0.25, -0.2) is 4.99 Å². The van der Waals surface area contributed by atoms with Crippen LogP contribution in [0.5, 0.6) is 0 Å². The van der Waals surface area contributed by atoms with Gasteiger partial charge in [-0.3, -0.25) is 0 Å². The third-order valence-electron chi connectivity index (χ3n) is 4.28. The summed E-state index contributed by atoms with van der Waals surface area (Å²) in [6.45, 7) is 7.32. The number of ether oxygens (including phenoxy) is 1. The Morgan fingerprint density at radius 2 is 1.75 bits per heavy atom. The summed E-state index contributed by atoms with van der Waals surface area (Å²) in [6.07, 6.45) is 1.07. The van der Waals surface area contributed by atoms with E-state index in [1.165, 1.54) is 5.56 Å². The smallest absolute Gasteiger partial charge is 0.218 e. The topological polar surface area (TPSA) is 33.6 Å². The summed E-state index contributed by atoms with van der Waals surface area (Å²) in [7, 11) is 0. The first-order chi connectivity index (χ1) is 11.6. The van der Waals surface area contributed by atoms with Gasteiger partial charge in [0.2, 0.25) is 5.90 Å². The van der Waals surface area contributed by atoms with Gasteiger partial charge in [-0.2, -0.15) is 0 Å². The molecule has 0 unspecified atom stereocenters. The zero-order valence-corrected chi connectivity index (χ0v) is 14.7. The Labute approximate surface area is 144 Å². The largest absolute Gasteiger partial charge is 0.475 e. The number of nitrogens with one attached hydrogen (secondary N) is 1. The second kappa shape index (κ2) is 7.52. The Hall–Kier alpha value is -2.29. The van der Waals surface area contributed by atoms with Crippen molar-refractivity contribution in [3.63, 3.8) is 0 Å². The van der Waals surface area contributed by atoms with Crippen LogP contribution in [0.15, 0.2) is 59.6 Å². The first-order valence-electron chi connectivity index (χ1n) is 8.75. The van der Waals surface area contributed by atoms with Crippen molar-refractivity contribution < 1.29 is 4.74 Å². The van der Waals surface area contributed by atoms with Crippen LogP contribution in [0.2, 0.25) is 0 Å². The fraction of sp³-hybridized carbons (Fsp3) is 0.381. The molecule has 0 bridgehead atoms. The van der Waals surface area contributed by atoms with Crippen molar-refractivity contribution in [1.29, 1.82) is 0 Å². The molecule has 0 radical (unpaired) electrons. The van der Waals surface area contributed by atoms with Gasteiger partial charge in [-0.15, -0.1) is 0 Å². The first-order valence-corrected chi connectivity index (χ1v) is 8.75. The lowest BCUT2D eigenvalue weighted by atomic mass is 10.1. The van der Waals surface area contributed by atoms with Gasteiger partial charge in [0, 0.05) is 11.7 Å². The third kappa shape index (κ3) is 3.97. The number of aliphatic imine (C=N–C) groups is 1. The monoisotopic (exact) mass is 322 g/mol. The van der Waals surface area contributed by atoms with Crippen molar-refractivity contribution in [2.24, 2.45) is 10.9 Å². The summed E-state index contributed by atoms with van der Waals surface area (Å²) in [4.78, 5) is 4.79. The number of para-hydroxylation sites is 1. The van der Waals surface area contributed by atoms with Crippen LogP contribution in [0.4, 0.5) is 5.69 Å². The summed E-state index contributed by atoms with van der Waals surface area (Å²) < 4.78 is 5.89. The molecule has 24 heavy (non-hydrogen) atoms. The third-order valence-corrected chi connectivity index (χ3v) is 4.28. The number of benzene rings is 2. The molecule has 1 heterocycles. The van der Waals surface area contributed by atoms with E-state index >= 15 is 0 Å². The molecule has 3 nitrogen and oxygen atoms in total. The van der Waals surface area contributed by atoms with E-state index in [0.29, 0.717) is 12.5 Å². The molecule has 1 aliphatic heterocycles. The molecule has 0 saturated carbocycles. The lowest BCUT2D eigenvalue weighted by Crippen LogP contribution is -2.11. The highest BCUT2D eigenvalue weighted by Crippen LogP contribution is 2.26. The minimum Gasteiger partial charge on any atom is -0.475 e. The molecule has 1 aliphatic rings. The highest BCUT2D eigenvalue weighted by Gasteiger charge is 2.23. The van der Waals surface area contributed by atoms with Gasteiger partial charge in [0.15, 0.2) is 0 Å². The van der Waals surface area contributed by atoms with E-state index in [4.69, 9.17) is 9.73 Å². The first kappa shape index (κ1) is 16.6. The van der Waals surface area contributed by atoms with Gasteiger partial charge < -0.3 is 10.1 Å². The summed E-state index contributed by atoms with van der Waals surface area (Å²) >= 11 is 0. The van der Waals surface area contributed by atoms with E-state index in [2.05, 4.69) is 62.5 Å². The summed E-state index contributed by atoms with van der Waals surface area (Å²) in [5.74, 6) is 1.40. The van der Waals surface area contributed by atoms with E-state index in [1.54, 1.807) is 0 Å².